The van der Waals surface area contributed by atoms with Crippen LogP contribution in [0.4, 0.5) is 0 Å². The highest BCUT2D eigenvalue weighted by Gasteiger charge is 2.35. The average molecular weight is 336 g/mol. The summed E-state index contributed by atoms with van der Waals surface area (Å²) in [6, 6.07) is 0. The molecule has 1 unspecified atom stereocenters. The molecule has 1 aliphatic rings. The van der Waals surface area contributed by atoms with Crippen molar-refractivity contribution in [3.8, 4) is 0 Å². The third kappa shape index (κ3) is 6.49. The summed E-state index contributed by atoms with van der Waals surface area (Å²) >= 11 is 0. The van der Waals surface area contributed by atoms with Crippen LogP contribution in [0.5, 0.6) is 0 Å². The molecule has 3 atom stereocenters. The lowest BCUT2D eigenvalue weighted by Gasteiger charge is -2.27. The van der Waals surface area contributed by atoms with Crippen molar-refractivity contribution in [3.05, 3.63) is 12.7 Å². The van der Waals surface area contributed by atoms with E-state index in [1.165, 1.54) is 0 Å². The second-order valence-electron chi connectivity index (χ2n) is 5.22. The van der Waals surface area contributed by atoms with E-state index < -0.39 is 13.4 Å². The smallest absolute Gasteiger partial charge is 0.358 e. The molecule has 1 rings (SSSR count). The van der Waals surface area contributed by atoms with Gasteiger partial charge in [0.05, 0.1) is 19.8 Å². The molecule has 0 amide bonds. The number of ether oxygens (including phenoxy) is 2. The number of hydrogen-bond acceptors (Lipinski definition) is 6. The normalized spacial score (nSPS) is 22.2. The van der Waals surface area contributed by atoms with Crippen LogP contribution >= 0.6 is 7.60 Å². The van der Waals surface area contributed by atoms with Crippen LogP contribution in [0.2, 0.25) is 0 Å². The van der Waals surface area contributed by atoms with Crippen molar-refractivity contribution in [2.75, 3.05) is 26.4 Å². The number of aliphatic hydroxyl groups is 1. The third-order valence-corrected chi connectivity index (χ3v) is 5.64. The van der Waals surface area contributed by atoms with E-state index in [-0.39, 0.29) is 31.8 Å². The molecule has 1 heterocycles. The zero-order valence-corrected chi connectivity index (χ0v) is 14.5. The van der Waals surface area contributed by atoms with Gasteiger partial charge in [-0.2, -0.15) is 0 Å². The molecule has 1 aliphatic heterocycles. The van der Waals surface area contributed by atoms with Gasteiger partial charge in [-0.1, -0.05) is 6.08 Å². The molecular formula is C15H29O6P. The first-order valence-electron chi connectivity index (χ1n) is 7.98. The van der Waals surface area contributed by atoms with Gasteiger partial charge >= 0.3 is 7.60 Å². The Morgan fingerprint density at radius 3 is 2.55 bits per heavy atom. The van der Waals surface area contributed by atoms with Crippen LogP contribution in [-0.4, -0.2) is 43.7 Å². The van der Waals surface area contributed by atoms with Crippen LogP contribution < -0.4 is 0 Å². The van der Waals surface area contributed by atoms with E-state index in [1.54, 1.807) is 19.9 Å². The summed E-state index contributed by atoms with van der Waals surface area (Å²) in [5.41, 5.74) is 0. The first-order chi connectivity index (χ1) is 10.6. The van der Waals surface area contributed by atoms with E-state index in [9.17, 15) is 9.67 Å². The van der Waals surface area contributed by atoms with Crippen LogP contribution in [0.15, 0.2) is 12.7 Å². The van der Waals surface area contributed by atoms with Crippen molar-refractivity contribution < 1.29 is 28.2 Å². The van der Waals surface area contributed by atoms with Crippen molar-refractivity contribution in [1.82, 2.24) is 0 Å². The maximum Gasteiger partial charge on any atom is 0.358 e. The lowest BCUT2D eigenvalue weighted by Crippen LogP contribution is -2.26. The van der Waals surface area contributed by atoms with Crippen molar-refractivity contribution >= 4 is 7.60 Å². The van der Waals surface area contributed by atoms with E-state index in [0.717, 1.165) is 25.9 Å². The van der Waals surface area contributed by atoms with Gasteiger partial charge in [-0.3, -0.25) is 4.57 Å². The van der Waals surface area contributed by atoms with Crippen molar-refractivity contribution in [2.24, 2.45) is 5.92 Å². The monoisotopic (exact) mass is 336 g/mol. The maximum atomic E-state index is 12.5. The van der Waals surface area contributed by atoms with E-state index in [0.29, 0.717) is 6.61 Å². The van der Waals surface area contributed by atoms with Gasteiger partial charge in [-0.25, -0.2) is 0 Å². The van der Waals surface area contributed by atoms with E-state index >= 15 is 0 Å². The highest BCUT2D eigenvalue weighted by Crippen LogP contribution is 2.53. The highest BCUT2D eigenvalue weighted by atomic mass is 31.2. The molecule has 22 heavy (non-hydrogen) atoms. The molecule has 0 aromatic heterocycles. The molecular weight excluding hydrogens is 307 g/mol. The Kier molecular flexibility index (Phi) is 9.48. The molecule has 0 spiro atoms. The largest absolute Gasteiger partial charge is 0.380 e. The second kappa shape index (κ2) is 10.5. The summed E-state index contributed by atoms with van der Waals surface area (Å²) in [6.07, 6.45) is 4.74. The zero-order chi connectivity index (χ0) is 16.4. The summed E-state index contributed by atoms with van der Waals surface area (Å²) < 4.78 is 34.0. The fourth-order valence-corrected chi connectivity index (χ4v) is 3.94. The minimum Gasteiger partial charge on any atom is -0.380 e. The Morgan fingerprint density at radius 1 is 1.36 bits per heavy atom. The van der Waals surface area contributed by atoms with Gasteiger partial charge in [0.15, 0.2) is 12.1 Å². The van der Waals surface area contributed by atoms with Gasteiger partial charge in [0.2, 0.25) is 0 Å². The molecule has 6 nitrogen and oxygen atoms in total. The molecule has 130 valence electrons. The fourth-order valence-electron chi connectivity index (χ4n) is 2.27. The Morgan fingerprint density at radius 2 is 2.05 bits per heavy atom. The van der Waals surface area contributed by atoms with E-state index in [2.05, 4.69) is 6.58 Å². The minimum atomic E-state index is -3.51. The molecule has 0 aromatic carbocycles. The standard InChI is InChI=1S/C15H29O6P/c1-4-13(12-19-15-9-7-8-10-18-15)11-14(16)22(17,20-5-2)21-6-3/h4,13-16H,1,5-12H2,2-3H3/t13?,14-,15+/m1/s1. The molecule has 7 heteroatoms. The number of hydrogen-bond donors (Lipinski definition) is 1. The third-order valence-electron chi connectivity index (χ3n) is 3.46. The predicted molar refractivity (Wildman–Crippen MR) is 84.7 cm³/mol. The lowest BCUT2D eigenvalue weighted by atomic mass is 10.1. The first-order valence-corrected chi connectivity index (χ1v) is 9.59. The van der Waals surface area contributed by atoms with Gasteiger partial charge in [0.25, 0.3) is 0 Å². The highest BCUT2D eigenvalue weighted by molar-refractivity contribution is 7.54. The van der Waals surface area contributed by atoms with E-state index in [4.69, 9.17) is 18.5 Å². The Hall–Kier alpha value is -0.230. The van der Waals surface area contributed by atoms with Gasteiger partial charge in [0, 0.05) is 12.5 Å². The fraction of sp³-hybridized carbons (Fsp3) is 0.867. The SMILES string of the molecule is C=CC(CO[C@H]1CCCCO1)C[C@H](O)P(=O)(OCC)OCC. The van der Waals surface area contributed by atoms with Crippen molar-refractivity contribution in [1.29, 1.82) is 0 Å². The minimum absolute atomic E-state index is 0.144. The maximum absolute atomic E-state index is 12.5. The summed E-state index contributed by atoms with van der Waals surface area (Å²) in [5.74, 6) is -1.33. The average Bonchev–Trinajstić information content (AvgIpc) is 2.52. The van der Waals surface area contributed by atoms with Gasteiger partial charge in [-0.15, -0.1) is 6.58 Å². The van der Waals surface area contributed by atoms with Crippen LogP contribution in [-0.2, 0) is 23.1 Å². The van der Waals surface area contributed by atoms with Gasteiger partial charge in [0.1, 0.15) is 0 Å². The van der Waals surface area contributed by atoms with Crippen molar-refractivity contribution in [3.63, 3.8) is 0 Å². The first kappa shape index (κ1) is 19.8. The van der Waals surface area contributed by atoms with Crippen LogP contribution in [0.1, 0.15) is 39.5 Å². The Bertz CT molecular complexity index is 346. The number of aliphatic hydroxyl groups excluding tert-OH is 1. The lowest BCUT2D eigenvalue weighted by molar-refractivity contribution is -0.167. The van der Waals surface area contributed by atoms with E-state index in [1.807, 2.05) is 0 Å². The van der Waals surface area contributed by atoms with Crippen molar-refractivity contribution in [2.45, 2.75) is 51.7 Å². The van der Waals surface area contributed by atoms with Crippen LogP contribution in [0.25, 0.3) is 0 Å². The molecule has 1 fully saturated rings. The topological polar surface area (TPSA) is 74.2 Å². The van der Waals surface area contributed by atoms with Gasteiger partial charge < -0.3 is 23.6 Å². The van der Waals surface area contributed by atoms with Gasteiger partial charge in [-0.05, 0) is 39.5 Å². The summed E-state index contributed by atoms with van der Waals surface area (Å²) in [5, 5.41) is 10.2. The summed E-state index contributed by atoms with van der Waals surface area (Å²) in [4.78, 5) is 0. The molecule has 0 aromatic rings. The van der Waals surface area contributed by atoms with Crippen LogP contribution in [0, 0.1) is 5.92 Å². The zero-order valence-electron chi connectivity index (χ0n) is 13.6. The molecule has 0 aliphatic carbocycles. The molecule has 0 radical (unpaired) electrons. The quantitative estimate of drug-likeness (QED) is 0.461. The Balaban J connectivity index is 2.48. The number of rotatable bonds is 11. The summed E-state index contributed by atoms with van der Waals surface area (Å²) in [6.45, 7) is 8.71. The molecule has 1 saturated heterocycles. The second-order valence-corrected chi connectivity index (χ2v) is 7.41. The van der Waals surface area contributed by atoms with Crippen LogP contribution in [0.3, 0.4) is 0 Å². The Labute approximate surface area is 133 Å². The predicted octanol–water partition coefficient (Wildman–Crippen LogP) is 3.31. The molecule has 1 N–H and O–H groups in total. The molecule has 0 saturated carbocycles. The summed E-state index contributed by atoms with van der Waals surface area (Å²) in [7, 11) is -3.51. The molecule has 0 bridgehead atoms.